The smallest absolute Gasteiger partial charge is 0.0600 e. The molecule has 0 aliphatic heterocycles. The predicted molar refractivity (Wildman–Crippen MR) is 67.3 cm³/mol. The Morgan fingerprint density at radius 1 is 1.00 bits per heavy atom. The van der Waals surface area contributed by atoms with Crippen molar-refractivity contribution in [2.75, 3.05) is 13.2 Å². The van der Waals surface area contributed by atoms with Gasteiger partial charge in [-0.05, 0) is 55.4 Å². The lowest BCUT2D eigenvalue weighted by atomic mass is 10.0. The number of hydrogen-bond donors (Lipinski definition) is 0. The molecule has 0 N–H and O–H groups in total. The van der Waals surface area contributed by atoms with Crippen molar-refractivity contribution in [3.63, 3.8) is 0 Å². The lowest BCUT2D eigenvalue weighted by Crippen LogP contribution is -2.47. The van der Waals surface area contributed by atoms with E-state index in [2.05, 4.69) is 60.3 Å². The first-order valence-electron chi connectivity index (χ1n) is 5.95. The Hall–Kier alpha value is -0.0800. The average Bonchev–Trinajstić information content (AvgIpc) is 1.92. The van der Waals surface area contributed by atoms with Crippen LogP contribution < -0.4 is 0 Å². The summed E-state index contributed by atoms with van der Waals surface area (Å²) in [4.78, 5) is 2.47. The zero-order valence-electron chi connectivity index (χ0n) is 11.8. The number of ether oxygens (including phenoxy) is 1. The van der Waals surface area contributed by atoms with Gasteiger partial charge in [0.2, 0.25) is 0 Å². The van der Waals surface area contributed by atoms with Gasteiger partial charge >= 0.3 is 0 Å². The summed E-state index contributed by atoms with van der Waals surface area (Å²) in [5.41, 5.74) is 0.190. The monoisotopic (exact) mass is 215 g/mol. The maximum Gasteiger partial charge on any atom is 0.0600 e. The molecule has 0 fully saturated rings. The highest BCUT2D eigenvalue weighted by molar-refractivity contribution is 4.79. The Morgan fingerprint density at radius 2 is 1.47 bits per heavy atom. The first-order valence-corrected chi connectivity index (χ1v) is 5.95. The fraction of sp³-hybridized carbons (Fsp3) is 1.00. The van der Waals surface area contributed by atoms with Crippen LogP contribution in [0.4, 0.5) is 0 Å². The molecule has 0 radical (unpaired) electrons. The summed E-state index contributed by atoms with van der Waals surface area (Å²) in [6, 6.07) is 0.563. The van der Waals surface area contributed by atoms with E-state index in [1.165, 1.54) is 0 Å². The molecule has 92 valence electrons. The van der Waals surface area contributed by atoms with E-state index < -0.39 is 0 Å². The molecule has 2 nitrogen and oxygen atoms in total. The van der Waals surface area contributed by atoms with Gasteiger partial charge in [-0.1, -0.05) is 0 Å². The highest BCUT2D eigenvalue weighted by atomic mass is 16.5. The maximum atomic E-state index is 5.76. The topological polar surface area (TPSA) is 12.5 Å². The van der Waals surface area contributed by atoms with E-state index in [-0.39, 0.29) is 11.1 Å². The van der Waals surface area contributed by atoms with E-state index in [9.17, 15) is 0 Å². The molecule has 0 rings (SSSR count). The highest BCUT2D eigenvalue weighted by Gasteiger charge is 2.23. The van der Waals surface area contributed by atoms with Crippen LogP contribution in [0.3, 0.4) is 0 Å². The molecular weight excluding hydrogens is 186 g/mol. The summed E-state index contributed by atoms with van der Waals surface area (Å²) in [7, 11) is 0. The van der Waals surface area contributed by atoms with Crippen molar-refractivity contribution in [2.45, 2.75) is 72.6 Å². The number of nitrogens with zero attached hydrogens (tertiary/aromatic N) is 1. The molecule has 0 aromatic heterocycles. The van der Waals surface area contributed by atoms with Crippen LogP contribution in [0.2, 0.25) is 0 Å². The van der Waals surface area contributed by atoms with Crippen LogP contribution in [0, 0.1) is 0 Å². The Labute approximate surface area is 96.0 Å². The Bertz CT molecular complexity index is 174. The SMILES string of the molecule is CC(C)N(CCOC(C)(C)C)C(C)(C)C. The molecule has 0 aliphatic rings. The summed E-state index contributed by atoms with van der Waals surface area (Å²) in [5.74, 6) is 0. The van der Waals surface area contributed by atoms with Gasteiger partial charge in [0.15, 0.2) is 0 Å². The largest absolute Gasteiger partial charge is 0.375 e. The maximum absolute atomic E-state index is 5.76. The van der Waals surface area contributed by atoms with Crippen LogP contribution in [-0.2, 0) is 4.74 Å². The normalized spacial score (nSPS) is 14.0. The van der Waals surface area contributed by atoms with Crippen molar-refractivity contribution in [3.8, 4) is 0 Å². The minimum Gasteiger partial charge on any atom is -0.375 e. The molecule has 0 unspecified atom stereocenters. The van der Waals surface area contributed by atoms with Gasteiger partial charge in [0.25, 0.3) is 0 Å². The van der Waals surface area contributed by atoms with Gasteiger partial charge in [-0.3, -0.25) is 4.90 Å². The predicted octanol–water partition coefficient (Wildman–Crippen LogP) is 3.31. The number of rotatable bonds is 4. The average molecular weight is 215 g/mol. The summed E-state index contributed by atoms with van der Waals surface area (Å²) >= 11 is 0. The summed E-state index contributed by atoms with van der Waals surface area (Å²) < 4.78 is 5.76. The summed E-state index contributed by atoms with van der Waals surface area (Å²) in [6.45, 7) is 19.3. The molecule has 0 bridgehead atoms. The molecule has 0 spiro atoms. The van der Waals surface area contributed by atoms with Gasteiger partial charge < -0.3 is 4.74 Å². The van der Waals surface area contributed by atoms with Crippen molar-refractivity contribution in [1.82, 2.24) is 4.90 Å². The first kappa shape index (κ1) is 14.9. The number of hydrogen-bond acceptors (Lipinski definition) is 2. The molecule has 0 aromatic rings. The molecule has 15 heavy (non-hydrogen) atoms. The lowest BCUT2D eigenvalue weighted by molar-refractivity contribution is -0.0296. The van der Waals surface area contributed by atoms with Crippen molar-refractivity contribution < 1.29 is 4.74 Å². The van der Waals surface area contributed by atoms with Crippen LogP contribution in [0.5, 0.6) is 0 Å². The minimum atomic E-state index is -0.0272. The molecule has 0 amide bonds. The van der Waals surface area contributed by atoms with Gasteiger partial charge in [0.1, 0.15) is 0 Å². The minimum absolute atomic E-state index is 0.0272. The zero-order valence-corrected chi connectivity index (χ0v) is 11.8. The summed E-state index contributed by atoms with van der Waals surface area (Å²) in [6.07, 6.45) is 0. The van der Waals surface area contributed by atoms with E-state index in [1.807, 2.05) is 0 Å². The van der Waals surface area contributed by atoms with Crippen LogP contribution in [0.1, 0.15) is 55.4 Å². The molecule has 0 saturated carbocycles. The van der Waals surface area contributed by atoms with Crippen molar-refractivity contribution in [3.05, 3.63) is 0 Å². The summed E-state index contributed by atoms with van der Waals surface area (Å²) in [5, 5.41) is 0. The molecule has 0 saturated heterocycles. The molecule has 0 aromatic carbocycles. The fourth-order valence-corrected chi connectivity index (χ4v) is 1.82. The standard InChI is InChI=1S/C13H29NO/c1-11(2)14(12(3,4)5)9-10-15-13(6,7)8/h11H,9-10H2,1-8H3. The lowest BCUT2D eigenvalue weighted by Gasteiger charge is -2.39. The van der Waals surface area contributed by atoms with Gasteiger partial charge in [-0.2, -0.15) is 0 Å². The van der Waals surface area contributed by atoms with Gasteiger partial charge in [-0.15, -0.1) is 0 Å². The molecule has 0 atom stereocenters. The molecule has 0 heterocycles. The quantitative estimate of drug-likeness (QED) is 0.713. The second-order valence-corrected chi connectivity index (χ2v) is 6.42. The van der Waals surface area contributed by atoms with E-state index in [4.69, 9.17) is 4.74 Å². The van der Waals surface area contributed by atoms with Gasteiger partial charge in [-0.25, -0.2) is 0 Å². The van der Waals surface area contributed by atoms with Crippen LogP contribution >= 0.6 is 0 Å². The molecule has 2 heteroatoms. The van der Waals surface area contributed by atoms with E-state index in [1.54, 1.807) is 0 Å². The van der Waals surface area contributed by atoms with Gasteiger partial charge in [0, 0.05) is 18.1 Å². The third kappa shape index (κ3) is 6.91. The zero-order chi connectivity index (χ0) is 12.3. The Balaban J connectivity index is 4.11. The van der Waals surface area contributed by atoms with Gasteiger partial charge in [0.05, 0.1) is 12.2 Å². The second kappa shape index (κ2) is 5.31. The van der Waals surface area contributed by atoms with E-state index in [0.717, 1.165) is 13.2 Å². The highest BCUT2D eigenvalue weighted by Crippen LogP contribution is 2.17. The van der Waals surface area contributed by atoms with E-state index >= 15 is 0 Å². The van der Waals surface area contributed by atoms with Crippen LogP contribution in [0.15, 0.2) is 0 Å². The van der Waals surface area contributed by atoms with Crippen LogP contribution in [-0.4, -0.2) is 35.2 Å². The Morgan fingerprint density at radius 3 is 1.73 bits per heavy atom. The van der Waals surface area contributed by atoms with Crippen molar-refractivity contribution in [2.24, 2.45) is 0 Å². The van der Waals surface area contributed by atoms with Crippen LogP contribution in [0.25, 0.3) is 0 Å². The molecular formula is C13H29NO. The second-order valence-electron chi connectivity index (χ2n) is 6.42. The van der Waals surface area contributed by atoms with Crippen molar-refractivity contribution >= 4 is 0 Å². The third-order valence-electron chi connectivity index (χ3n) is 2.35. The van der Waals surface area contributed by atoms with E-state index in [0.29, 0.717) is 6.04 Å². The fourth-order valence-electron chi connectivity index (χ4n) is 1.82. The third-order valence-corrected chi connectivity index (χ3v) is 2.35. The van der Waals surface area contributed by atoms with Crippen molar-refractivity contribution in [1.29, 1.82) is 0 Å². The Kier molecular flexibility index (Phi) is 5.28. The first-order chi connectivity index (χ1) is 6.54. The molecule has 0 aliphatic carbocycles.